The number of hydrazone groups is 1. The highest BCUT2D eigenvalue weighted by molar-refractivity contribution is 6.04. The number of nitriles is 1. The average Bonchev–Trinajstić information content (AvgIpc) is 2.83. The van der Waals surface area contributed by atoms with Gasteiger partial charge in [-0.25, -0.2) is 5.43 Å². The first-order valence-electron chi connectivity index (χ1n) is 10.5. The molecule has 0 heterocycles. The molecule has 2 amide bonds. The molecule has 3 aromatic rings. The Hall–Kier alpha value is -4.44. The number of aryl methyl sites for hydroxylation is 1. The molecular weight excluding hydrogens is 416 g/mol. The maximum absolute atomic E-state index is 12.2. The maximum atomic E-state index is 12.2. The minimum absolute atomic E-state index is 0.223. The van der Waals surface area contributed by atoms with Crippen molar-refractivity contribution in [3.05, 3.63) is 95.1 Å². The minimum atomic E-state index is -0.529. The summed E-state index contributed by atoms with van der Waals surface area (Å²) in [5.74, 6) is -0.389. The van der Waals surface area contributed by atoms with Crippen molar-refractivity contribution in [2.75, 3.05) is 5.32 Å². The third kappa shape index (κ3) is 6.77. The van der Waals surface area contributed by atoms with Crippen LogP contribution in [0, 0.1) is 11.3 Å². The van der Waals surface area contributed by atoms with Crippen molar-refractivity contribution in [3.63, 3.8) is 0 Å². The molecule has 0 aromatic heterocycles. The Kier molecular flexibility index (Phi) is 8.32. The molecule has 33 heavy (non-hydrogen) atoms. The Morgan fingerprint density at radius 2 is 1.67 bits per heavy atom. The highest BCUT2D eigenvalue weighted by atomic mass is 16.5. The number of hydrogen-bond acceptors (Lipinski definition) is 5. The number of carbonyl (C=O) groups is 2. The highest BCUT2D eigenvalue weighted by Crippen LogP contribution is 2.19. The first kappa shape index (κ1) is 23.2. The van der Waals surface area contributed by atoms with Gasteiger partial charge in [0.1, 0.15) is 18.8 Å². The lowest BCUT2D eigenvalue weighted by Crippen LogP contribution is -2.25. The summed E-state index contributed by atoms with van der Waals surface area (Å²) in [7, 11) is 0. The number of anilines is 1. The van der Waals surface area contributed by atoms with Gasteiger partial charge in [-0.2, -0.15) is 10.4 Å². The Balaban J connectivity index is 1.55. The van der Waals surface area contributed by atoms with Gasteiger partial charge in [-0.05, 0) is 36.2 Å². The van der Waals surface area contributed by atoms with E-state index in [0.717, 1.165) is 17.5 Å². The normalized spacial score (nSPS) is 10.4. The molecule has 2 N–H and O–H groups in total. The monoisotopic (exact) mass is 440 g/mol. The summed E-state index contributed by atoms with van der Waals surface area (Å²) in [4.78, 5) is 24.3. The predicted molar refractivity (Wildman–Crippen MR) is 127 cm³/mol. The topological polar surface area (TPSA) is 104 Å². The van der Waals surface area contributed by atoms with E-state index in [1.165, 1.54) is 6.21 Å². The van der Waals surface area contributed by atoms with Gasteiger partial charge in [0.25, 0.3) is 0 Å². The van der Waals surface area contributed by atoms with Gasteiger partial charge in [0.15, 0.2) is 0 Å². The van der Waals surface area contributed by atoms with Crippen molar-refractivity contribution >= 4 is 23.7 Å². The molecular formula is C26H24N4O3. The summed E-state index contributed by atoms with van der Waals surface area (Å²) in [6, 6.07) is 24.0. The molecule has 0 aliphatic heterocycles. The third-order valence-electron chi connectivity index (χ3n) is 4.83. The Morgan fingerprint density at radius 1 is 0.970 bits per heavy atom. The quantitative estimate of drug-likeness (QED) is 0.296. The van der Waals surface area contributed by atoms with E-state index in [-0.39, 0.29) is 13.0 Å². The number of hydrogen-bond donors (Lipinski definition) is 2. The molecule has 0 aliphatic carbocycles. The lowest BCUT2D eigenvalue weighted by atomic mass is 10.1. The van der Waals surface area contributed by atoms with Crippen LogP contribution in [0.2, 0.25) is 0 Å². The van der Waals surface area contributed by atoms with E-state index in [1.807, 2.05) is 49.4 Å². The van der Waals surface area contributed by atoms with Crippen LogP contribution in [-0.2, 0) is 22.6 Å². The van der Waals surface area contributed by atoms with Crippen LogP contribution >= 0.6 is 0 Å². The van der Waals surface area contributed by atoms with Crippen molar-refractivity contribution in [3.8, 4) is 11.8 Å². The molecule has 0 spiro atoms. The van der Waals surface area contributed by atoms with Gasteiger partial charge in [-0.3, -0.25) is 9.59 Å². The molecule has 3 rings (SSSR count). The van der Waals surface area contributed by atoms with E-state index in [4.69, 9.17) is 4.74 Å². The molecule has 0 unspecified atom stereocenters. The van der Waals surface area contributed by atoms with E-state index in [1.54, 1.807) is 30.3 Å². The first-order chi connectivity index (χ1) is 16.1. The molecule has 0 aliphatic rings. The molecule has 166 valence electrons. The third-order valence-corrected chi connectivity index (χ3v) is 4.83. The summed E-state index contributed by atoms with van der Waals surface area (Å²) >= 11 is 0. The second-order valence-electron chi connectivity index (χ2n) is 7.12. The zero-order valence-corrected chi connectivity index (χ0v) is 18.2. The van der Waals surface area contributed by atoms with Crippen LogP contribution in [0.4, 0.5) is 5.69 Å². The van der Waals surface area contributed by atoms with Crippen LogP contribution in [0.5, 0.6) is 5.75 Å². The van der Waals surface area contributed by atoms with Gasteiger partial charge in [-0.15, -0.1) is 0 Å². The lowest BCUT2D eigenvalue weighted by molar-refractivity contribution is -0.126. The standard InChI is InChI=1S/C26H24N4O3/c1-2-19-9-5-7-13-23(19)29-25(31)15-26(32)30-28-17-21-11-6-8-14-24(21)33-18-22-12-4-3-10-20(22)16-27/h3-14,17H,2,15,18H2,1H3,(H,29,31)(H,30,32). The van der Waals surface area contributed by atoms with Gasteiger partial charge in [0, 0.05) is 16.8 Å². The number of nitrogens with one attached hydrogen (secondary N) is 2. The van der Waals surface area contributed by atoms with Crippen molar-refractivity contribution in [2.45, 2.75) is 26.4 Å². The molecule has 0 atom stereocenters. The summed E-state index contributed by atoms with van der Waals surface area (Å²) < 4.78 is 5.86. The van der Waals surface area contributed by atoms with Gasteiger partial charge < -0.3 is 10.1 Å². The number of amides is 2. The molecule has 0 saturated heterocycles. The summed E-state index contributed by atoms with van der Waals surface area (Å²) in [6.45, 7) is 2.22. The van der Waals surface area contributed by atoms with Crippen molar-refractivity contribution in [1.82, 2.24) is 5.43 Å². The molecule has 7 heteroatoms. The maximum Gasteiger partial charge on any atom is 0.249 e. The largest absolute Gasteiger partial charge is 0.488 e. The predicted octanol–water partition coefficient (Wildman–Crippen LogP) is 4.18. The van der Waals surface area contributed by atoms with Crippen molar-refractivity contribution in [2.24, 2.45) is 5.10 Å². The van der Waals surface area contributed by atoms with Gasteiger partial charge in [0.05, 0.1) is 17.8 Å². The molecule has 0 bridgehead atoms. The van der Waals surface area contributed by atoms with Gasteiger partial charge in [0.2, 0.25) is 11.8 Å². The number of rotatable bonds is 9. The van der Waals surface area contributed by atoms with E-state index < -0.39 is 11.8 Å². The fourth-order valence-corrected chi connectivity index (χ4v) is 3.13. The van der Waals surface area contributed by atoms with E-state index in [2.05, 4.69) is 21.9 Å². The summed E-state index contributed by atoms with van der Waals surface area (Å²) in [5.41, 5.74) is 6.04. The van der Waals surface area contributed by atoms with Crippen LogP contribution in [-0.4, -0.2) is 18.0 Å². The fraction of sp³-hybridized carbons (Fsp3) is 0.154. The van der Waals surface area contributed by atoms with Crippen LogP contribution in [0.1, 0.15) is 35.6 Å². The lowest BCUT2D eigenvalue weighted by Gasteiger charge is -2.10. The number of para-hydroxylation sites is 2. The highest BCUT2D eigenvalue weighted by Gasteiger charge is 2.11. The Labute approximate surface area is 192 Å². The first-order valence-corrected chi connectivity index (χ1v) is 10.5. The fourth-order valence-electron chi connectivity index (χ4n) is 3.13. The van der Waals surface area contributed by atoms with E-state index in [0.29, 0.717) is 22.6 Å². The summed E-state index contributed by atoms with van der Waals surface area (Å²) in [5, 5.41) is 15.9. The van der Waals surface area contributed by atoms with E-state index >= 15 is 0 Å². The van der Waals surface area contributed by atoms with Crippen LogP contribution in [0.15, 0.2) is 77.9 Å². The average molecular weight is 441 g/mol. The van der Waals surface area contributed by atoms with Crippen LogP contribution in [0.25, 0.3) is 0 Å². The second kappa shape index (κ2) is 11.8. The Bertz CT molecular complexity index is 1200. The minimum Gasteiger partial charge on any atom is -0.488 e. The molecule has 0 fully saturated rings. The van der Waals surface area contributed by atoms with Crippen LogP contribution < -0.4 is 15.5 Å². The molecule has 7 nitrogen and oxygen atoms in total. The smallest absolute Gasteiger partial charge is 0.249 e. The number of ether oxygens (including phenoxy) is 1. The number of carbonyl (C=O) groups excluding carboxylic acids is 2. The van der Waals surface area contributed by atoms with E-state index in [9.17, 15) is 14.9 Å². The molecule has 3 aromatic carbocycles. The molecule has 0 radical (unpaired) electrons. The summed E-state index contributed by atoms with van der Waals surface area (Å²) in [6.07, 6.45) is 1.88. The zero-order valence-electron chi connectivity index (χ0n) is 18.2. The number of nitrogens with zero attached hydrogens (tertiary/aromatic N) is 2. The van der Waals surface area contributed by atoms with Crippen LogP contribution in [0.3, 0.4) is 0 Å². The zero-order chi connectivity index (χ0) is 23.5. The van der Waals surface area contributed by atoms with Crippen molar-refractivity contribution in [1.29, 1.82) is 5.26 Å². The van der Waals surface area contributed by atoms with Gasteiger partial charge in [-0.1, -0.05) is 55.5 Å². The SMILES string of the molecule is CCc1ccccc1NC(=O)CC(=O)NN=Cc1ccccc1OCc1ccccc1C#N. The number of benzene rings is 3. The van der Waals surface area contributed by atoms with Gasteiger partial charge >= 0.3 is 0 Å². The second-order valence-corrected chi connectivity index (χ2v) is 7.12. The Morgan fingerprint density at radius 3 is 2.45 bits per heavy atom. The van der Waals surface area contributed by atoms with Crippen molar-refractivity contribution < 1.29 is 14.3 Å². The molecule has 0 saturated carbocycles.